The zero-order valence-corrected chi connectivity index (χ0v) is 14.2. The molecule has 3 atom stereocenters. The van der Waals surface area contributed by atoms with E-state index in [1.165, 1.54) is 19.4 Å². The predicted molar refractivity (Wildman–Crippen MR) is 90.6 cm³/mol. The minimum absolute atomic E-state index is 0.0274. The van der Waals surface area contributed by atoms with Gasteiger partial charge in [-0.15, -0.1) is 0 Å². The maximum Gasteiger partial charge on any atom is 0.315 e. The van der Waals surface area contributed by atoms with Crippen molar-refractivity contribution >= 4 is 17.8 Å². The molecule has 0 bridgehead atoms. The standard InChI is InChI=1S/C17H21N3O5/c1-17-6-4-3-5-12(17)14(17)16(22)19-18-9-10-7-11(25-2)8-13(15(10)21)20(23)24/h7-9,12,14,21H,3-6H2,1-2H3,(H,19,22)/b18-9-/t12-,14-,17+/m0/s1. The molecule has 2 N–H and O–H groups in total. The minimum atomic E-state index is -0.705. The number of nitro groups is 1. The Kier molecular flexibility index (Phi) is 4.36. The molecule has 2 aliphatic carbocycles. The number of hydrogen-bond acceptors (Lipinski definition) is 6. The molecule has 25 heavy (non-hydrogen) atoms. The molecule has 1 amide bonds. The number of rotatable bonds is 5. The Morgan fingerprint density at radius 3 is 2.88 bits per heavy atom. The van der Waals surface area contributed by atoms with Crippen LogP contribution in [0.1, 0.15) is 38.2 Å². The first kappa shape index (κ1) is 17.2. The van der Waals surface area contributed by atoms with Crippen LogP contribution < -0.4 is 10.2 Å². The average molecular weight is 347 g/mol. The number of methoxy groups -OCH3 is 1. The monoisotopic (exact) mass is 347 g/mol. The van der Waals surface area contributed by atoms with Crippen LogP contribution >= 0.6 is 0 Å². The molecule has 3 rings (SSSR count). The molecule has 2 saturated carbocycles. The second-order valence-corrected chi connectivity index (χ2v) is 6.91. The van der Waals surface area contributed by atoms with Crippen LogP contribution in [0.15, 0.2) is 17.2 Å². The Morgan fingerprint density at radius 1 is 1.52 bits per heavy atom. The number of nitro benzene ring substituents is 1. The number of nitrogens with one attached hydrogen (secondary N) is 1. The second-order valence-electron chi connectivity index (χ2n) is 6.91. The molecule has 2 aliphatic rings. The van der Waals surface area contributed by atoms with Gasteiger partial charge in [-0.05, 0) is 30.2 Å². The van der Waals surface area contributed by atoms with Crippen molar-refractivity contribution < 1.29 is 19.6 Å². The topological polar surface area (TPSA) is 114 Å². The molecule has 8 nitrogen and oxygen atoms in total. The summed E-state index contributed by atoms with van der Waals surface area (Å²) in [6.07, 6.45) is 5.64. The van der Waals surface area contributed by atoms with Crippen molar-refractivity contribution in [3.63, 3.8) is 0 Å². The van der Waals surface area contributed by atoms with Gasteiger partial charge in [0.15, 0.2) is 0 Å². The number of nitrogens with zero attached hydrogens (tertiary/aromatic N) is 2. The highest BCUT2D eigenvalue weighted by Gasteiger charge is 2.64. The summed E-state index contributed by atoms with van der Waals surface area (Å²) in [5.41, 5.74) is 2.20. The summed E-state index contributed by atoms with van der Waals surface area (Å²) >= 11 is 0. The highest BCUT2D eigenvalue weighted by molar-refractivity contribution is 5.89. The fourth-order valence-corrected chi connectivity index (χ4v) is 4.06. The Balaban J connectivity index is 1.71. The maximum absolute atomic E-state index is 12.3. The van der Waals surface area contributed by atoms with Crippen LogP contribution in [0.2, 0.25) is 0 Å². The van der Waals surface area contributed by atoms with E-state index in [1.54, 1.807) is 0 Å². The first-order valence-corrected chi connectivity index (χ1v) is 8.27. The minimum Gasteiger partial charge on any atom is -0.502 e. The lowest BCUT2D eigenvalue weighted by Crippen LogP contribution is -2.22. The van der Waals surface area contributed by atoms with Gasteiger partial charge in [0.05, 0.1) is 24.3 Å². The van der Waals surface area contributed by atoms with E-state index < -0.39 is 16.4 Å². The van der Waals surface area contributed by atoms with Gasteiger partial charge in [0.1, 0.15) is 5.75 Å². The zero-order valence-electron chi connectivity index (χ0n) is 14.2. The van der Waals surface area contributed by atoms with E-state index in [0.29, 0.717) is 5.92 Å². The number of fused-ring (bicyclic) bond motifs is 1. The molecule has 1 aromatic rings. The van der Waals surface area contributed by atoms with Crippen LogP contribution in [-0.4, -0.2) is 29.3 Å². The molecule has 0 heterocycles. The number of phenols is 1. The number of phenolic OH excluding ortho intramolecular Hbond substituents is 1. The zero-order chi connectivity index (χ0) is 18.2. The van der Waals surface area contributed by atoms with E-state index in [1.807, 2.05) is 0 Å². The highest BCUT2D eigenvalue weighted by atomic mass is 16.6. The fraction of sp³-hybridized carbons (Fsp3) is 0.529. The lowest BCUT2D eigenvalue weighted by atomic mass is 9.90. The first-order valence-electron chi connectivity index (χ1n) is 8.27. The second kappa shape index (κ2) is 6.34. The quantitative estimate of drug-likeness (QED) is 0.483. The average Bonchev–Trinajstić information content (AvgIpc) is 3.21. The molecule has 0 unspecified atom stereocenters. The number of aromatic hydroxyl groups is 1. The predicted octanol–water partition coefficient (Wildman–Crippen LogP) is 2.59. The third kappa shape index (κ3) is 3.04. The van der Waals surface area contributed by atoms with E-state index in [2.05, 4.69) is 17.5 Å². The van der Waals surface area contributed by atoms with Gasteiger partial charge in [0.25, 0.3) is 0 Å². The Labute approximate surface area is 145 Å². The number of carbonyl (C=O) groups excluding carboxylic acids is 1. The van der Waals surface area contributed by atoms with Crippen LogP contribution in [0.3, 0.4) is 0 Å². The molecular formula is C17H21N3O5. The van der Waals surface area contributed by atoms with Crippen LogP contribution in [0, 0.1) is 27.4 Å². The summed E-state index contributed by atoms with van der Waals surface area (Å²) in [6.45, 7) is 2.14. The van der Waals surface area contributed by atoms with Crippen molar-refractivity contribution in [2.45, 2.75) is 32.6 Å². The highest BCUT2D eigenvalue weighted by Crippen LogP contribution is 2.66. The molecule has 0 aromatic heterocycles. The van der Waals surface area contributed by atoms with Crippen LogP contribution in [0.4, 0.5) is 5.69 Å². The van der Waals surface area contributed by atoms with Crippen molar-refractivity contribution in [1.29, 1.82) is 0 Å². The smallest absolute Gasteiger partial charge is 0.315 e. The van der Waals surface area contributed by atoms with Crippen molar-refractivity contribution in [2.75, 3.05) is 7.11 Å². The van der Waals surface area contributed by atoms with Gasteiger partial charge in [-0.3, -0.25) is 14.9 Å². The Bertz CT molecular complexity index is 748. The number of benzene rings is 1. The van der Waals surface area contributed by atoms with Gasteiger partial charge in [-0.1, -0.05) is 19.8 Å². The summed E-state index contributed by atoms with van der Waals surface area (Å²) in [5, 5.41) is 24.8. The van der Waals surface area contributed by atoms with Gasteiger partial charge in [0, 0.05) is 11.5 Å². The van der Waals surface area contributed by atoms with Crippen molar-refractivity contribution in [2.24, 2.45) is 22.4 Å². The number of ether oxygens (including phenoxy) is 1. The number of amides is 1. The first-order chi connectivity index (χ1) is 11.9. The van der Waals surface area contributed by atoms with Crippen molar-refractivity contribution in [1.82, 2.24) is 5.43 Å². The van der Waals surface area contributed by atoms with E-state index in [-0.39, 0.29) is 28.6 Å². The van der Waals surface area contributed by atoms with Gasteiger partial charge in [0.2, 0.25) is 11.7 Å². The summed E-state index contributed by atoms with van der Waals surface area (Å²) in [5.74, 6) is -0.0421. The summed E-state index contributed by atoms with van der Waals surface area (Å²) < 4.78 is 4.99. The molecule has 0 aliphatic heterocycles. The SMILES string of the molecule is COc1cc(/C=N\NC(=O)[C@@H]2[C@@H]3CCCC[C@@]23C)c(O)c([N+](=O)[O-])c1. The maximum atomic E-state index is 12.3. The molecule has 0 saturated heterocycles. The molecular weight excluding hydrogens is 326 g/mol. The third-order valence-corrected chi connectivity index (χ3v) is 5.52. The molecule has 2 fully saturated rings. The van der Waals surface area contributed by atoms with E-state index in [9.17, 15) is 20.0 Å². The van der Waals surface area contributed by atoms with E-state index in [4.69, 9.17) is 4.74 Å². The lowest BCUT2D eigenvalue weighted by Gasteiger charge is -2.15. The molecule has 134 valence electrons. The van der Waals surface area contributed by atoms with E-state index in [0.717, 1.165) is 31.7 Å². The van der Waals surface area contributed by atoms with Gasteiger partial charge >= 0.3 is 5.69 Å². The fourth-order valence-electron chi connectivity index (χ4n) is 4.06. The molecule has 8 heteroatoms. The van der Waals surface area contributed by atoms with Gasteiger partial charge in [-0.2, -0.15) is 5.10 Å². The summed E-state index contributed by atoms with van der Waals surface area (Å²) in [7, 11) is 1.37. The van der Waals surface area contributed by atoms with Crippen LogP contribution in [0.5, 0.6) is 11.5 Å². The largest absolute Gasteiger partial charge is 0.502 e. The molecule has 0 radical (unpaired) electrons. The normalized spacial score (nSPS) is 27.6. The number of hydrazone groups is 1. The summed E-state index contributed by atoms with van der Waals surface area (Å²) in [4.78, 5) is 22.6. The number of carbonyl (C=O) groups is 1. The van der Waals surface area contributed by atoms with Crippen molar-refractivity contribution in [3.05, 3.63) is 27.8 Å². The Hall–Kier alpha value is -2.64. The summed E-state index contributed by atoms with van der Waals surface area (Å²) in [6, 6.07) is 2.54. The molecule has 0 spiro atoms. The van der Waals surface area contributed by atoms with E-state index >= 15 is 0 Å². The molecule has 1 aromatic carbocycles. The number of hydrogen-bond donors (Lipinski definition) is 2. The van der Waals surface area contributed by atoms with Gasteiger partial charge < -0.3 is 9.84 Å². The van der Waals surface area contributed by atoms with Crippen LogP contribution in [-0.2, 0) is 4.79 Å². The third-order valence-electron chi connectivity index (χ3n) is 5.52. The van der Waals surface area contributed by atoms with Gasteiger partial charge in [-0.25, -0.2) is 5.43 Å². The lowest BCUT2D eigenvalue weighted by molar-refractivity contribution is -0.385. The Morgan fingerprint density at radius 2 is 2.28 bits per heavy atom. The van der Waals surface area contributed by atoms with Crippen molar-refractivity contribution in [3.8, 4) is 11.5 Å². The van der Waals surface area contributed by atoms with Crippen LogP contribution in [0.25, 0.3) is 0 Å².